The molecule has 248 valence electrons. The molecule has 0 saturated heterocycles. The first-order valence-corrected chi connectivity index (χ1v) is 15.2. The Hall–Kier alpha value is -4.85. The molecule has 0 aromatic heterocycles. The molecule has 0 aliphatic carbocycles. The fourth-order valence-electron chi connectivity index (χ4n) is 4.80. The molecule has 15 heteroatoms. The Kier molecular flexibility index (Phi) is 10.8. The zero-order valence-corrected chi connectivity index (χ0v) is 27.1. The second-order valence-electron chi connectivity index (χ2n) is 10.2. The van der Waals surface area contributed by atoms with Crippen LogP contribution >= 0.6 is 23.2 Å². The summed E-state index contributed by atoms with van der Waals surface area (Å²) < 4.78 is 33.0. The fraction of sp³-hybridized carbons (Fsp3) is 0.281. The third-order valence-electron chi connectivity index (χ3n) is 6.95. The van der Waals surface area contributed by atoms with Crippen molar-refractivity contribution in [3.05, 3.63) is 86.5 Å². The topological polar surface area (TPSA) is 158 Å². The molecule has 0 unspecified atom stereocenters. The van der Waals surface area contributed by atoms with Gasteiger partial charge in [-0.25, -0.2) is 9.59 Å². The van der Waals surface area contributed by atoms with Gasteiger partial charge in [-0.2, -0.15) is 5.10 Å². The molecule has 5 rings (SSSR count). The van der Waals surface area contributed by atoms with E-state index < -0.39 is 24.3 Å². The lowest BCUT2D eigenvalue weighted by atomic mass is 9.95. The summed E-state index contributed by atoms with van der Waals surface area (Å²) in [6.07, 6.45) is 0.237. The Labute approximate surface area is 280 Å². The minimum absolute atomic E-state index is 0.184. The number of allylic oxidation sites excluding steroid dienone is 1. The first-order chi connectivity index (χ1) is 22.7. The van der Waals surface area contributed by atoms with Crippen LogP contribution in [-0.2, 0) is 16.1 Å². The molecule has 2 aliphatic rings. The minimum atomic E-state index is -1.20. The van der Waals surface area contributed by atoms with Crippen molar-refractivity contribution in [3.63, 3.8) is 0 Å². The number of aliphatic hydroxyl groups is 1. The Morgan fingerprint density at radius 3 is 2.60 bits per heavy atom. The lowest BCUT2D eigenvalue weighted by Crippen LogP contribution is -2.45. The summed E-state index contributed by atoms with van der Waals surface area (Å²) in [5, 5.41) is 20.4. The quantitative estimate of drug-likeness (QED) is 0.0850. The van der Waals surface area contributed by atoms with E-state index in [0.717, 1.165) is 5.56 Å². The van der Waals surface area contributed by atoms with Crippen molar-refractivity contribution < 1.29 is 43.1 Å². The number of halogens is 2. The van der Waals surface area contributed by atoms with Crippen molar-refractivity contribution >= 4 is 41.4 Å². The number of amides is 2. The largest absolute Gasteiger partial charge is 0.490 e. The van der Waals surface area contributed by atoms with E-state index in [1.54, 1.807) is 44.2 Å². The van der Waals surface area contributed by atoms with Gasteiger partial charge >= 0.3 is 12.0 Å². The van der Waals surface area contributed by atoms with Crippen LogP contribution < -0.4 is 39.7 Å². The molecule has 2 heterocycles. The van der Waals surface area contributed by atoms with Crippen LogP contribution in [0.15, 0.2) is 64.9 Å². The molecule has 0 fully saturated rings. The lowest BCUT2D eigenvalue weighted by Gasteiger charge is -2.28. The normalized spacial score (nSPS) is 16.0. The van der Waals surface area contributed by atoms with Crippen LogP contribution in [0.5, 0.6) is 28.7 Å². The number of esters is 1. The summed E-state index contributed by atoms with van der Waals surface area (Å²) in [7, 11) is 1.27. The molecule has 2 atom stereocenters. The number of nitrogens with one attached hydrogen (secondary N) is 3. The highest BCUT2D eigenvalue weighted by molar-refractivity contribution is 6.37. The van der Waals surface area contributed by atoms with Gasteiger partial charge in [-0.1, -0.05) is 35.3 Å². The highest BCUT2D eigenvalue weighted by Crippen LogP contribution is 2.37. The van der Waals surface area contributed by atoms with Crippen LogP contribution in [0.25, 0.3) is 0 Å². The number of hydrazone groups is 1. The maximum absolute atomic E-state index is 12.5. The van der Waals surface area contributed by atoms with E-state index in [9.17, 15) is 14.7 Å². The number of nitrogens with zero attached hydrogens (tertiary/aromatic N) is 1. The van der Waals surface area contributed by atoms with Crippen molar-refractivity contribution in [1.29, 1.82) is 0 Å². The predicted molar refractivity (Wildman–Crippen MR) is 172 cm³/mol. The lowest BCUT2D eigenvalue weighted by molar-refractivity contribution is -0.136. The van der Waals surface area contributed by atoms with E-state index >= 15 is 0 Å². The molecule has 0 radical (unpaired) electrons. The number of rotatable bonds is 13. The number of carbonyl (C=O) groups is 2. The molecule has 0 bridgehead atoms. The first kappa shape index (κ1) is 33.5. The summed E-state index contributed by atoms with van der Waals surface area (Å²) in [4.78, 5) is 24.6. The smallest absolute Gasteiger partial charge is 0.337 e. The van der Waals surface area contributed by atoms with Gasteiger partial charge in [-0.05, 0) is 66.9 Å². The SMILES string of the molecule is CCOc1cc([C@H]2NC(=O)NC(C)=C2C(=O)OC)ccc1OC[C@@H](O)N/N=C\c1cc(Cl)c(OCc2ccc3c(c2)OCO3)c(Cl)c1. The molecule has 3 aromatic carbocycles. The van der Waals surface area contributed by atoms with Gasteiger partial charge in [-0.15, -0.1) is 0 Å². The van der Waals surface area contributed by atoms with Gasteiger partial charge in [0.2, 0.25) is 6.79 Å². The number of hydrogen-bond donors (Lipinski definition) is 4. The van der Waals surface area contributed by atoms with Crippen molar-refractivity contribution in [2.75, 3.05) is 27.1 Å². The number of fused-ring (bicyclic) bond motifs is 1. The Bertz CT molecular complexity index is 1690. The van der Waals surface area contributed by atoms with Gasteiger partial charge in [0, 0.05) is 5.70 Å². The van der Waals surface area contributed by atoms with Crippen molar-refractivity contribution in [2.24, 2.45) is 5.10 Å². The predicted octanol–water partition coefficient (Wildman–Crippen LogP) is 4.82. The van der Waals surface area contributed by atoms with Crippen molar-refractivity contribution in [1.82, 2.24) is 16.1 Å². The van der Waals surface area contributed by atoms with Crippen LogP contribution in [0.4, 0.5) is 4.79 Å². The van der Waals surface area contributed by atoms with E-state index in [2.05, 4.69) is 21.2 Å². The van der Waals surface area contributed by atoms with Gasteiger partial charge in [0.05, 0.1) is 41.6 Å². The maximum Gasteiger partial charge on any atom is 0.337 e. The number of urea groups is 1. The van der Waals surface area contributed by atoms with Crippen LogP contribution in [-0.4, -0.2) is 56.7 Å². The molecule has 2 amide bonds. The van der Waals surface area contributed by atoms with E-state index in [-0.39, 0.29) is 35.6 Å². The minimum Gasteiger partial charge on any atom is -0.490 e. The molecule has 0 saturated carbocycles. The van der Waals surface area contributed by atoms with Gasteiger partial charge in [-0.3, -0.25) is 5.43 Å². The molecule has 4 N–H and O–H groups in total. The van der Waals surface area contributed by atoms with Crippen LogP contribution in [0.1, 0.15) is 36.6 Å². The van der Waals surface area contributed by atoms with Crippen LogP contribution in [0.3, 0.4) is 0 Å². The summed E-state index contributed by atoms with van der Waals surface area (Å²) in [6, 6.07) is 12.5. The number of hydrogen-bond acceptors (Lipinski definition) is 11. The van der Waals surface area contributed by atoms with E-state index in [4.69, 9.17) is 51.6 Å². The number of carbonyl (C=O) groups excluding carboxylic acids is 2. The van der Waals surface area contributed by atoms with E-state index in [1.807, 2.05) is 18.2 Å². The third kappa shape index (κ3) is 8.12. The van der Waals surface area contributed by atoms with E-state index in [1.165, 1.54) is 13.3 Å². The standard InChI is InChI=1S/C32H32Cl2N4O9/c1-4-43-26-12-20(29-28(31(40)42-3)17(2)36-32(41)37-29)6-8-23(26)44-15-27(39)38-35-13-19-9-21(33)30(22(34)10-19)45-14-18-5-7-24-25(11-18)47-16-46-24/h5-13,27,29,38-39H,4,14-16H2,1-3H3,(H2,36,37,41)/b35-13-/t27-,29-/m1/s1. The van der Waals surface area contributed by atoms with Crippen molar-refractivity contribution in [3.8, 4) is 28.7 Å². The average Bonchev–Trinajstić information content (AvgIpc) is 3.51. The fourth-order valence-corrected chi connectivity index (χ4v) is 5.41. The molecule has 3 aromatic rings. The summed E-state index contributed by atoms with van der Waals surface area (Å²) in [5.41, 5.74) is 5.20. The monoisotopic (exact) mass is 686 g/mol. The summed E-state index contributed by atoms with van der Waals surface area (Å²) in [5.74, 6) is 1.74. The molecule has 13 nitrogen and oxygen atoms in total. The highest BCUT2D eigenvalue weighted by atomic mass is 35.5. The zero-order chi connectivity index (χ0) is 33.5. The Morgan fingerprint density at radius 2 is 1.85 bits per heavy atom. The molecule has 0 spiro atoms. The second kappa shape index (κ2) is 15.2. The van der Waals surface area contributed by atoms with Crippen LogP contribution in [0.2, 0.25) is 10.0 Å². The first-order valence-electron chi connectivity index (χ1n) is 14.4. The molecular weight excluding hydrogens is 655 g/mol. The molecule has 2 aliphatic heterocycles. The number of methoxy groups -OCH3 is 1. The maximum atomic E-state index is 12.5. The second-order valence-corrected chi connectivity index (χ2v) is 11.0. The summed E-state index contributed by atoms with van der Waals surface area (Å²) in [6.45, 7) is 3.94. The van der Waals surface area contributed by atoms with Crippen molar-refractivity contribution in [2.45, 2.75) is 32.7 Å². The average molecular weight is 688 g/mol. The Balaban J connectivity index is 1.18. The third-order valence-corrected chi connectivity index (χ3v) is 7.51. The zero-order valence-electron chi connectivity index (χ0n) is 25.6. The van der Waals surface area contributed by atoms with Gasteiger partial charge < -0.3 is 44.2 Å². The number of aliphatic hydroxyl groups excluding tert-OH is 1. The highest BCUT2D eigenvalue weighted by Gasteiger charge is 2.32. The van der Waals surface area contributed by atoms with Gasteiger partial charge in [0.1, 0.15) is 13.2 Å². The molecule has 47 heavy (non-hydrogen) atoms. The number of benzene rings is 3. The number of ether oxygens (including phenoxy) is 6. The molecular formula is C32H32Cl2N4O9. The van der Waals surface area contributed by atoms with Gasteiger partial charge in [0.15, 0.2) is 35.0 Å². The summed E-state index contributed by atoms with van der Waals surface area (Å²) >= 11 is 12.9. The van der Waals surface area contributed by atoms with Crippen LogP contribution in [0, 0.1) is 0 Å². The van der Waals surface area contributed by atoms with Gasteiger partial charge in [0.25, 0.3) is 0 Å². The van der Waals surface area contributed by atoms with E-state index in [0.29, 0.717) is 52.2 Å². The Morgan fingerprint density at radius 1 is 1.09 bits per heavy atom.